The lowest BCUT2D eigenvalue weighted by Crippen LogP contribution is -2.38. The molecule has 0 aliphatic carbocycles. The van der Waals surface area contributed by atoms with Gasteiger partial charge >= 0.3 is 0 Å². The molecule has 0 saturated heterocycles. The van der Waals surface area contributed by atoms with Crippen LogP contribution in [0.5, 0.6) is 0 Å². The highest BCUT2D eigenvalue weighted by Gasteiger charge is 2.18. The molecule has 0 aromatic heterocycles. The van der Waals surface area contributed by atoms with Crippen molar-refractivity contribution < 1.29 is 9.00 Å². The Hall–Kier alpha value is -1.86. The smallest absolute Gasteiger partial charge is 0.147 e. The van der Waals surface area contributed by atoms with Gasteiger partial charge in [-0.1, -0.05) is 48.0 Å². The molecule has 2 aromatic rings. The number of thiol groups is 1. The number of ketones is 1. The molecule has 0 radical (unpaired) electrons. The van der Waals surface area contributed by atoms with Gasteiger partial charge in [0.1, 0.15) is 16.8 Å². The zero-order valence-electron chi connectivity index (χ0n) is 14.8. The number of benzene rings is 2. The average molecular weight is 421 g/mol. The maximum absolute atomic E-state index is 12.4. The van der Waals surface area contributed by atoms with Crippen molar-refractivity contribution in [3.63, 3.8) is 0 Å². The molecule has 2 rings (SSSR count). The molecule has 0 fully saturated rings. The van der Waals surface area contributed by atoms with E-state index in [9.17, 15) is 9.00 Å². The van der Waals surface area contributed by atoms with Crippen molar-refractivity contribution in [2.75, 3.05) is 5.73 Å². The fourth-order valence-electron chi connectivity index (χ4n) is 2.29. The normalized spacial score (nSPS) is 14.3. The molecule has 0 bridgehead atoms. The number of nitrogen functional groups attached to an aromatic ring is 1. The van der Waals surface area contributed by atoms with Gasteiger partial charge in [-0.15, -0.1) is 12.6 Å². The molecule has 3 N–H and O–H groups in total. The number of nitrogens with two attached hydrogens (primary N) is 1. The van der Waals surface area contributed by atoms with E-state index in [2.05, 4.69) is 17.4 Å². The van der Waals surface area contributed by atoms with E-state index >= 15 is 0 Å². The lowest BCUT2D eigenvalue weighted by Gasteiger charge is -2.15. The van der Waals surface area contributed by atoms with Gasteiger partial charge in [-0.2, -0.15) is 0 Å². The summed E-state index contributed by atoms with van der Waals surface area (Å²) in [5.74, 6) is -0.108. The van der Waals surface area contributed by atoms with Crippen LogP contribution in [0.15, 0.2) is 64.9 Å². The van der Waals surface area contributed by atoms with Gasteiger partial charge in [0.2, 0.25) is 0 Å². The minimum Gasteiger partial charge on any atom is -0.399 e. The van der Waals surface area contributed by atoms with E-state index in [0.29, 0.717) is 21.4 Å². The second-order valence-electron chi connectivity index (χ2n) is 5.91. The van der Waals surface area contributed by atoms with E-state index in [-0.39, 0.29) is 5.78 Å². The number of halogens is 1. The van der Waals surface area contributed by atoms with Crippen LogP contribution in [-0.4, -0.2) is 16.0 Å². The maximum atomic E-state index is 12.4. The Morgan fingerprint density at radius 3 is 2.63 bits per heavy atom. The molecule has 2 unspecified atom stereocenters. The van der Waals surface area contributed by atoms with E-state index in [1.54, 1.807) is 36.4 Å². The highest BCUT2D eigenvalue weighted by Crippen LogP contribution is 2.13. The zero-order chi connectivity index (χ0) is 19.8. The van der Waals surface area contributed by atoms with Crippen molar-refractivity contribution in [3.05, 3.63) is 81.1 Å². The minimum atomic E-state index is -1.61. The molecule has 2 atom stereocenters. The molecule has 0 amide bonds. The average Bonchev–Trinajstić information content (AvgIpc) is 2.62. The monoisotopic (exact) mass is 420 g/mol. The van der Waals surface area contributed by atoms with E-state index in [0.717, 1.165) is 11.1 Å². The van der Waals surface area contributed by atoms with Crippen LogP contribution in [0.2, 0.25) is 5.02 Å². The van der Waals surface area contributed by atoms with Crippen molar-refractivity contribution in [2.24, 2.45) is 0 Å². The van der Waals surface area contributed by atoms with Gasteiger partial charge < -0.3 is 5.73 Å². The van der Waals surface area contributed by atoms with Gasteiger partial charge in [0, 0.05) is 10.7 Å². The Labute approximate surface area is 172 Å². The Morgan fingerprint density at radius 1 is 1.30 bits per heavy atom. The summed E-state index contributed by atoms with van der Waals surface area (Å²) in [5, 5.41) is 0.665. The molecule has 0 aliphatic heterocycles. The minimum absolute atomic E-state index is 0.108. The van der Waals surface area contributed by atoms with Gasteiger partial charge in [0.15, 0.2) is 0 Å². The first kappa shape index (κ1) is 21.4. The van der Waals surface area contributed by atoms with Gasteiger partial charge in [-0.25, -0.2) is 8.93 Å². The summed E-state index contributed by atoms with van der Waals surface area (Å²) >= 11 is 10.1. The van der Waals surface area contributed by atoms with Crippen molar-refractivity contribution >= 4 is 52.8 Å². The van der Waals surface area contributed by atoms with Crippen LogP contribution in [0, 0.1) is 0 Å². The molecule has 142 valence electrons. The number of rotatable bonds is 8. The summed E-state index contributed by atoms with van der Waals surface area (Å²) in [4.78, 5) is 11.9. The fourth-order valence-corrected chi connectivity index (χ4v) is 3.49. The molecule has 0 heterocycles. The van der Waals surface area contributed by atoms with Crippen LogP contribution in [0.1, 0.15) is 18.1 Å². The predicted octanol–water partition coefficient (Wildman–Crippen LogP) is 4.16. The summed E-state index contributed by atoms with van der Waals surface area (Å²) in [6, 6.07) is 14.0. The van der Waals surface area contributed by atoms with Crippen LogP contribution >= 0.6 is 24.2 Å². The first-order chi connectivity index (χ1) is 12.8. The summed E-state index contributed by atoms with van der Waals surface area (Å²) < 4.78 is 15.6. The number of carbonyl (C=O) groups excluding carboxylic acids is 1. The van der Waals surface area contributed by atoms with Crippen molar-refractivity contribution in [1.82, 2.24) is 4.72 Å². The van der Waals surface area contributed by atoms with Crippen LogP contribution in [0.3, 0.4) is 0 Å². The topological polar surface area (TPSA) is 72.2 Å². The molecule has 4 nitrogen and oxygen atoms in total. The Kier molecular flexibility index (Phi) is 8.31. The number of nitrogens with one attached hydrogen (secondary N) is 1. The van der Waals surface area contributed by atoms with E-state index in [1.165, 1.54) is 6.92 Å². The molecule has 0 saturated carbocycles. The zero-order valence-corrected chi connectivity index (χ0v) is 17.2. The van der Waals surface area contributed by atoms with E-state index in [1.807, 2.05) is 30.3 Å². The van der Waals surface area contributed by atoms with Gasteiger partial charge in [-0.05, 0) is 54.8 Å². The summed E-state index contributed by atoms with van der Waals surface area (Å²) in [5.41, 5.74) is 8.25. The number of allylic oxidation sites excluding steroid dienone is 2. The van der Waals surface area contributed by atoms with Gasteiger partial charge in [0.05, 0.1) is 10.3 Å². The molecule has 0 aliphatic rings. The molecular weight excluding hydrogens is 400 g/mol. The summed E-state index contributed by atoms with van der Waals surface area (Å²) in [7, 11) is -1.61. The summed E-state index contributed by atoms with van der Waals surface area (Å²) in [6.07, 6.45) is 5.61. The third kappa shape index (κ3) is 7.34. The first-order valence-electron chi connectivity index (χ1n) is 8.21. The number of hydrogen-bond acceptors (Lipinski definition) is 4. The highest BCUT2D eigenvalue weighted by molar-refractivity contribution is 8.05. The van der Waals surface area contributed by atoms with Crippen LogP contribution in [0.4, 0.5) is 5.69 Å². The fraction of sp³-hybridized carbons (Fsp3) is 0.150. The lowest BCUT2D eigenvalue weighted by atomic mass is 10.0. The van der Waals surface area contributed by atoms with Crippen molar-refractivity contribution in [3.8, 4) is 0 Å². The third-order valence-electron chi connectivity index (χ3n) is 3.72. The maximum Gasteiger partial charge on any atom is 0.147 e. The predicted molar refractivity (Wildman–Crippen MR) is 118 cm³/mol. The Bertz CT molecular complexity index is 880. The van der Waals surface area contributed by atoms with Crippen molar-refractivity contribution in [1.29, 1.82) is 0 Å². The molecule has 2 aromatic carbocycles. The third-order valence-corrected chi connectivity index (χ3v) is 5.63. The van der Waals surface area contributed by atoms with E-state index < -0.39 is 17.0 Å². The molecule has 0 spiro atoms. The molecule has 27 heavy (non-hydrogen) atoms. The standard InChI is InChI=1S/C20H21ClN2O2S2/c1-14(24)19(13-16-5-2-6-18(22)12-16)23-27(25)20(26)7-3-4-15-8-10-17(21)11-9-15/h2-12,19,23,26H,13,22H2,1H3/b4-3+,20-7+. The van der Waals surface area contributed by atoms with Crippen molar-refractivity contribution in [2.45, 2.75) is 19.4 Å². The first-order valence-corrected chi connectivity index (χ1v) is 10.2. The number of Topliss-reactive ketones (excluding diaryl/α,β-unsaturated/α-hetero) is 1. The van der Waals surface area contributed by atoms with E-state index in [4.69, 9.17) is 17.3 Å². The number of carbonyl (C=O) groups is 1. The van der Waals surface area contributed by atoms with Crippen LogP contribution < -0.4 is 10.5 Å². The van der Waals surface area contributed by atoms with Crippen LogP contribution in [-0.2, 0) is 22.2 Å². The molecule has 7 heteroatoms. The van der Waals surface area contributed by atoms with Crippen LogP contribution in [0.25, 0.3) is 6.08 Å². The highest BCUT2D eigenvalue weighted by atomic mass is 35.5. The lowest BCUT2D eigenvalue weighted by molar-refractivity contribution is -0.118. The number of hydrogen-bond donors (Lipinski definition) is 3. The summed E-state index contributed by atoms with van der Waals surface area (Å²) in [6.45, 7) is 1.46. The number of anilines is 1. The SMILES string of the molecule is CC(=O)C(Cc1cccc(N)c1)NS(=O)/C(S)=C/C=C/c1ccc(Cl)cc1. The Balaban J connectivity index is 2.01. The second kappa shape index (κ2) is 10.5. The second-order valence-corrected chi connectivity index (χ2v) is 8.35. The molecular formula is C20H21ClN2O2S2. The quantitative estimate of drug-likeness (QED) is 0.341. The van der Waals surface area contributed by atoms with Gasteiger partial charge in [-0.3, -0.25) is 4.79 Å². The largest absolute Gasteiger partial charge is 0.399 e. The van der Waals surface area contributed by atoms with Gasteiger partial charge in [0.25, 0.3) is 0 Å². The Morgan fingerprint density at radius 2 is 2.00 bits per heavy atom.